The minimum absolute atomic E-state index is 0.101. The molecule has 23 heavy (non-hydrogen) atoms. The SMILES string of the molecule is Cc1ccc2c(N)c(C(=O)Nc3cccc(C(=O)O)c3)sc2n1. The van der Waals surface area contributed by atoms with Crippen LogP contribution in [0.2, 0.25) is 0 Å². The summed E-state index contributed by atoms with van der Waals surface area (Å²) in [5.41, 5.74) is 7.76. The van der Waals surface area contributed by atoms with Crippen molar-refractivity contribution in [3.8, 4) is 0 Å². The van der Waals surface area contributed by atoms with Crippen LogP contribution >= 0.6 is 11.3 Å². The fraction of sp³-hybridized carbons (Fsp3) is 0.0625. The van der Waals surface area contributed by atoms with Gasteiger partial charge >= 0.3 is 5.97 Å². The summed E-state index contributed by atoms with van der Waals surface area (Å²) in [6, 6.07) is 9.72. The molecule has 0 saturated heterocycles. The van der Waals surface area contributed by atoms with Crippen molar-refractivity contribution in [1.29, 1.82) is 0 Å². The molecule has 0 atom stereocenters. The minimum atomic E-state index is -1.05. The van der Waals surface area contributed by atoms with E-state index in [0.29, 0.717) is 21.1 Å². The second kappa shape index (κ2) is 5.69. The number of hydrogen-bond acceptors (Lipinski definition) is 5. The Hall–Kier alpha value is -2.93. The molecule has 1 aromatic carbocycles. The second-order valence-corrected chi connectivity index (χ2v) is 5.99. The Bertz CT molecular complexity index is 933. The van der Waals surface area contributed by atoms with E-state index in [2.05, 4.69) is 10.3 Å². The van der Waals surface area contributed by atoms with Crippen molar-refractivity contribution in [2.45, 2.75) is 6.92 Å². The summed E-state index contributed by atoms with van der Waals surface area (Å²) < 4.78 is 0. The van der Waals surface area contributed by atoms with E-state index in [4.69, 9.17) is 10.8 Å². The maximum absolute atomic E-state index is 12.4. The Morgan fingerprint density at radius 2 is 2.04 bits per heavy atom. The molecule has 0 saturated carbocycles. The number of nitrogen functional groups attached to an aromatic ring is 1. The fourth-order valence-corrected chi connectivity index (χ4v) is 3.21. The Morgan fingerprint density at radius 1 is 1.26 bits per heavy atom. The third-order valence-corrected chi connectivity index (χ3v) is 4.42. The van der Waals surface area contributed by atoms with Crippen LogP contribution in [0.25, 0.3) is 10.2 Å². The first-order valence-electron chi connectivity index (χ1n) is 6.76. The molecule has 0 fully saturated rings. The lowest BCUT2D eigenvalue weighted by Gasteiger charge is -2.05. The minimum Gasteiger partial charge on any atom is -0.478 e. The zero-order valence-electron chi connectivity index (χ0n) is 12.2. The molecule has 1 amide bonds. The van der Waals surface area contributed by atoms with Gasteiger partial charge in [0.1, 0.15) is 9.71 Å². The van der Waals surface area contributed by atoms with E-state index in [1.165, 1.54) is 23.5 Å². The van der Waals surface area contributed by atoms with Crippen LogP contribution < -0.4 is 11.1 Å². The van der Waals surface area contributed by atoms with Gasteiger partial charge in [0.05, 0.1) is 11.3 Å². The first-order chi connectivity index (χ1) is 11.0. The van der Waals surface area contributed by atoms with E-state index in [0.717, 1.165) is 11.1 Å². The van der Waals surface area contributed by atoms with Gasteiger partial charge in [-0.25, -0.2) is 9.78 Å². The first-order valence-corrected chi connectivity index (χ1v) is 7.57. The topological polar surface area (TPSA) is 105 Å². The lowest BCUT2D eigenvalue weighted by molar-refractivity contribution is 0.0696. The summed E-state index contributed by atoms with van der Waals surface area (Å²) >= 11 is 1.21. The zero-order valence-corrected chi connectivity index (χ0v) is 13.0. The highest BCUT2D eigenvalue weighted by Gasteiger charge is 2.17. The van der Waals surface area contributed by atoms with Crippen LogP contribution in [0.1, 0.15) is 25.7 Å². The predicted octanol–water partition coefficient (Wildman–Crippen LogP) is 3.14. The number of fused-ring (bicyclic) bond motifs is 1. The van der Waals surface area contributed by atoms with Crippen molar-refractivity contribution >= 4 is 44.8 Å². The summed E-state index contributed by atoms with van der Waals surface area (Å²) in [6.45, 7) is 1.87. The summed E-state index contributed by atoms with van der Waals surface area (Å²) in [6.07, 6.45) is 0. The van der Waals surface area contributed by atoms with Gasteiger partial charge in [-0.05, 0) is 37.3 Å². The molecule has 0 aliphatic carbocycles. The highest BCUT2D eigenvalue weighted by Crippen LogP contribution is 2.33. The molecular formula is C16H13N3O3S. The maximum atomic E-state index is 12.4. The normalized spacial score (nSPS) is 10.7. The van der Waals surface area contributed by atoms with E-state index in [1.54, 1.807) is 12.1 Å². The predicted molar refractivity (Wildman–Crippen MR) is 90.1 cm³/mol. The van der Waals surface area contributed by atoms with Crippen LogP contribution in [-0.2, 0) is 0 Å². The average molecular weight is 327 g/mol. The van der Waals surface area contributed by atoms with Crippen LogP contribution in [0.5, 0.6) is 0 Å². The van der Waals surface area contributed by atoms with Crippen molar-refractivity contribution in [3.63, 3.8) is 0 Å². The molecule has 0 radical (unpaired) electrons. The number of aryl methyl sites for hydroxylation is 1. The number of aromatic carboxylic acids is 1. The van der Waals surface area contributed by atoms with Gasteiger partial charge in [0, 0.05) is 16.8 Å². The number of benzene rings is 1. The Labute approximate surface area is 135 Å². The van der Waals surface area contributed by atoms with Gasteiger partial charge < -0.3 is 16.2 Å². The van der Waals surface area contributed by atoms with Crippen molar-refractivity contribution in [3.05, 3.63) is 52.5 Å². The highest BCUT2D eigenvalue weighted by atomic mass is 32.1. The van der Waals surface area contributed by atoms with Gasteiger partial charge in [0.25, 0.3) is 5.91 Å². The maximum Gasteiger partial charge on any atom is 0.335 e. The summed E-state index contributed by atoms with van der Waals surface area (Å²) in [5, 5.41) is 12.4. The number of carboxylic acid groups (broad SMARTS) is 1. The summed E-state index contributed by atoms with van der Waals surface area (Å²) in [5.74, 6) is -1.44. The molecule has 3 aromatic rings. The molecule has 2 aromatic heterocycles. The van der Waals surface area contributed by atoms with Crippen molar-refractivity contribution in [2.75, 3.05) is 11.1 Å². The molecule has 4 N–H and O–H groups in total. The number of carbonyl (C=O) groups is 2. The van der Waals surface area contributed by atoms with Gasteiger partial charge in [-0.15, -0.1) is 11.3 Å². The standard InChI is InChI=1S/C16H13N3O3S/c1-8-5-6-11-12(17)13(23-15(11)18-8)14(20)19-10-4-2-3-9(7-10)16(21)22/h2-7H,17H2,1H3,(H,19,20)(H,21,22). The van der Waals surface area contributed by atoms with Crippen molar-refractivity contribution in [1.82, 2.24) is 4.98 Å². The van der Waals surface area contributed by atoms with Crippen LogP contribution in [0.15, 0.2) is 36.4 Å². The molecule has 116 valence electrons. The van der Waals surface area contributed by atoms with Gasteiger partial charge in [0.15, 0.2) is 0 Å². The van der Waals surface area contributed by atoms with Crippen LogP contribution in [0.4, 0.5) is 11.4 Å². The van der Waals surface area contributed by atoms with E-state index in [1.807, 2.05) is 19.1 Å². The van der Waals surface area contributed by atoms with E-state index >= 15 is 0 Å². The molecule has 0 aliphatic rings. The summed E-state index contributed by atoms with van der Waals surface area (Å²) in [7, 11) is 0. The molecule has 0 bridgehead atoms. The van der Waals surface area contributed by atoms with E-state index < -0.39 is 5.97 Å². The fourth-order valence-electron chi connectivity index (χ4n) is 2.18. The zero-order chi connectivity index (χ0) is 16.6. The molecule has 6 nitrogen and oxygen atoms in total. The number of pyridine rings is 1. The Balaban J connectivity index is 1.93. The smallest absolute Gasteiger partial charge is 0.335 e. The molecule has 7 heteroatoms. The van der Waals surface area contributed by atoms with Gasteiger partial charge in [-0.1, -0.05) is 6.07 Å². The van der Waals surface area contributed by atoms with Crippen LogP contribution in [0, 0.1) is 6.92 Å². The highest BCUT2D eigenvalue weighted by molar-refractivity contribution is 7.21. The lowest BCUT2D eigenvalue weighted by atomic mass is 10.2. The molecule has 2 heterocycles. The lowest BCUT2D eigenvalue weighted by Crippen LogP contribution is -2.12. The van der Waals surface area contributed by atoms with Crippen LogP contribution in [0.3, 0.4) is 0 Å². The number of carbonyl (C=O) groups excluding carboxylic acids is 1. The average Bonchev–Trinajstić information content (AvgIpc) is 2.84. The molecule has 0 unspecified atom stereocenters. The number of thiophene rings is 1. The molecule has 0 spiro atoms. The largest absolute Gasteiger partial charge is 0.478 e. The number of aromatic nitrogens is 1. The number of amides is 1. The molecule has 3 rings (SSSR count). The van der Waals surface area contributed by atoms with Gasteiger partial charge in [-0.3, -0.25) is 4.79 Å². The van der Waals surface area contributed by atoms with Gasteiger partial charge in [0.2, 0.25) is 0 Å². The third-order valence-electron chi connectivity index (χ3n) is 3.31. The number of nitrogens with zero attached hydrogens (tertiary/aromatic N) is 1. The van der Waals surface area contributed by atoms with Crippen molar-refractivity contribution < 1.29 is 14.7 Å². The quantitative estimate of drug-likeness (QED) is 0.685. The number of hydrogen-bond donors (Lipinski definition) is 3. The first kappa shape index (κ1) is 15.0. The third kappa shape index (κ3) is 2.86. The van der Waals surface area contributed by atoms with Crippen LogP contribution in [-0.4, -0.2) is 22.0 Å². The number of carboxylic acids is 1. The molecule has 0 aliphatic heterocycles. The molecular weight excluding hydrogens is 314 g/mol. The Morgan fingerprint density at radius 3 is 2.78 bits per heavy atom. The van der Waals surface area contributed by atoms with Crippen molar-refractivity contribution in [2.24, 2.45) is 0 Å². The number of anilines is 2. The Kier molecular flexibility index (Phi) is 3.71. The summed E-state index contributed by atoms with van der Waals surface area (Å²) in [4.78, 5) is 28.8. The monoisotopic (exact) mass is 327 g/mol. The second-order valence-electron chi connectivity index (χ2n) is 4.99. The van der Waals surface area contributed by atoms with E-state index in [-0.39, 0.29) is 11.5 Å². The number of rotatable bonds is 3. The van der Waals surface area contributed by atoms with Gasteiger partial charge in [-0.2, -0.15) is 0 Å². The number of nitrogens with two attached hydrogens (primary N) is 1. The van der Waals surface area contributed by atoms with E-state index in [9.17, 15) is 9.59 Å². The number of nitrogens with one attached hydrogen (secondary N) is 1.